The highest BCUT2D eigenvalue weighted by atomic mass is 32.2. The Morgan fingerprint density at radius 3 is 2.87 bits per heavy atom. The van der Waals surface area contributed by atoms with Crippen molar-refractivity contribution in [3.8, 4) is 0 Å². The predicted molar refractivity (Wildman–Crippen MR) is 69.2 cm³/mol. The van der Waals surface area contributed by atoms with E-state index in [4.69, 9.17) is 0 Å². The maximum Gasteiger partial charge on any atom is 0.0650 e. The fourth-order valence-electron chi connectivity index (χ4n) is 3.04. The maximum absolute atomic E-state index is 3.90. The molecule has 1 N–H and O–H groups in total. The molecule has 0 radical (unpaired) electrons. The minimum Gasteiger partial charge on any atom is -0.299 e. The van der Waals surface area contributed by atoms with Crippen molar-refractivity contribution >= 4 is 11.8 Å². The van der Waals surface area contributed by atoms with Crippen LogP contribution >= 0.6 is 11.8 Å². The van der Waals surface area contributed by atoms with Crippen LogP contribution in [0.4, 0.5) is 0 Å². The average molecular weight is 227 g/mol. The molecule has 0 aromatic carbocycles. The van der Waals surface area contributed by atoms with E-state index in [2.05, 4.69) is 37.8 Å². The van der Waals surface area contributed by atoms with Crippen LogP contribution in [0.2, 0.25) is 0 Å². The zero-order valence-corrected chi connectivity index (χ0v) is 11.2. The van der Waals surface area contributed by atoms with Gasteiger partial charge in [-0.25, -0.2) is 0 Å². The molecule has 1 nitrogen and oxygen atoms in total. The topological polar surface area (TPSA) is 12.0 Å². The van der Waals surface area contributed by atoms with Crippen molar-refractivity contribution in [2.45, 2.75) is 63.8 Å². The summed E-state index contributed by atoms with van der Waals surface area (Å²) < 4.78 is 0. The van der Waals surface area contributed by atoms with E-state index < -0.39 is 0 Å². The number of hydrogen-bond acceptors (Lipinski definition) is 2. The minimum absolute atomic E-state index is 0.466. The molecule has 0 aromatic rings. The van der Waals surface area contributed by atoms with Crippen LogP contribution in [-0.2, 0) is 0 Å². The highest BCUT2D eigenvalue weighted by Crippen LogP contribution is 2.46. The summed E-state index contributed by atoms with van der Waals surface area (Å²) in [4.78, 5) is 0.466. The van der Waals surface area contributed by atoms with Crippen molar-refractivity contribution < 1.29 is 0 Å². The normalized spacial score (nSPS) is 41.6. The molecule has 2 fully saturated rings. The third kappa shape index (κ3) is 2.52. The molecule has 1 spiro atoms. The van der Waals surface area contributed by atoms with Crippen LogP contribution in [0.15, 0.2) is 0 Å². The summed E-state index contributed by atoms with van der Waals surface area (Å²) in [5.74, 6) is 3.15. The Labute approximate surface area is 98.8 Å². The Balaban J connectivity index is 1.97. The van der Waals surface area contributed by atoms with E-state index in [9.17, 15) is 0 Å². The first-order valence-electron chi connectivity index (χ1n) is 6.57. The zero-order valence-electron chi connectivity index (χ0n) is 10.4. The van der Waals surface area contributed by atoms with Crippen LogP contribution in [0.3, 0.4) is 0 Å². The maximum atomic E-state index is 3.90. The Morgan fingerprint density at radius 1 is 1.47 bits per heavy atom. The zero-order chi connectivity index (χ0) is 10.9. The van der Waals surface area contributed by atoms with Gasteiger partial charge in [-0.05, 0) is 31.1 Å². The molecule has 0 amide bonds. The smallest absolute Gasteiger partial charge is 0.0650 e. The first-order chi connectivity index (χ1) is 7.15. The van der Waals surface area contributed by atoms with Gasteiger partial charge in [-0.2, -0.15) is 0 Å². The molecule has 15 heavy (non-hydrogen) atoms. The summed E-state index contributed by atoms with van der Waals surface area (Å²) in [6.45, 7) is 7.08. The number of thioether (sulfide) groups is 1. The van der Waals surface area contributed by atoms with Crippen LogP contribution in [0.25, 0.3) is 0 Å². The van der Waals surface area contributed by atoms with Crippen molar-refractivity contribution in [2.75, 3.05) is 5.75 Å². The number of rotatable bonds is 2. The van der Waals surface area contributed by atoms with Crippen LogP contribution in [0, 0.1) is 11.8 Å². The molecule has 2 heteroatoms. The number of hydrogen-bond donors (Lipinski definition) is 1. The van der Waals surface area contributed by atoms with Gasteiger partial charge >= 0.3 is 0 Å². The SMILES string of the molecule is CCC1CSC2(CCCC(C(C)C)C2)N1. The van der Waals surface area contributed by atoms with Gasteiger partial charge in [0.05, 0.1) is 4.87 Å². The van der Waals surface area contributed by atoms with Crippen molar-refractivity contribution in [3.05, 3.63) is 0 Å². The van der Waals surface area contributed by atoms with Crippen LogP contribution in [0.5, 0.6) is 0 Å². The second-order valence-corrected chi connectivity index (χ2v) is 7.06. The summed E-state index contributed by atoms with van der Waals surface area (Å²) in [6.07, 6.45) is 6.99. The summed E-state index contributed by atoms with van der Waals surface area (Å²) in [7, 11) is 0. The van der Waals surface area contributed by atoms with Crippen molar-refractivity contribution in [1.82, 2.24) is 5.32 Å². The van der Waals surface area contributed by atoms with Gasteiger partial charge in [-0.1, -0.05) is 33.6 Å². The fraction of sp³-hybridized carbons (Fsp3) is 1.00. The summed E-state index contributed by atoms with van der Waals surface area (Å²) in [5, 5.41) is 3.90. The van der Waals surface area contributed by atoms with Gasteiger partial charge in [-0.3, -0.25) is 5.32 Å². The third-order valence-electron chi connectivity index (χ3n) is 4.21. The van der Waals surface area contributed by atoms with Gasteiger partial charge in [0.15, 0.2) is 0 Å². The van der Waals surface area contributed by atoms with E-state index in [-0.39, 0.29) is 0 Å². The van der Waals surface area contributed by atoms with Crippen molar-refractivity contribution in [3.63, 3.8) is 0 Å². The van der Waals surface area contributed by atoms with Gasteiger partial charge in [0, 0.05) is 11.8 Å². The van der Waals surface area contributed by atoms with Crippen LogP contribution in [-0.4, -0.2) is 16.7 Å². The van der Waals surface area contributed by atoms with E-state index in [0.29, 0.717) is 4.87 Å². The monoisotopic (exact) mass is 227 g/mol. The van der Waals surface area contributed by atoms with Crippen LogP contribution in [0.1, 0.15) is 52.9 Å². The molecule has 3 atom stereocenters. The Bertz CT molecular complexity index is 217. The molecular weight excluding hydrogens is 202 g/mol. The van der Waals surface area contributed by atoms with E-state index >= 15 is 0 Å². The molecular formula is C13H25NS. The summed E-state index contributed by atoms with van der Waals surface area (Å²) in [6, 6.07) is 0.779. The molecule has 1 saturated heterocycles. The number of nitrogens with one attached hydrogen (secondary N) is 1. The second kappa shape index (κ2) is 4.67. The van der Waals surface area contributed by atoms with Gasteiger partial charge in [-0.15, -0.1) is 11.8 Å². The van der Waals surface area contributed by atoms with Gasteiger partial charge in [0.1, 0.15) is 0 Å². The molecule has 1 aliphatic heterocycles. The molecule has 3 unspecified atom stereocenters. The lowest BCUT2D eigenvalue weighted by atomic mass is 9.78. The molecule has 0 bridgehead atoms. The quantitative estimate of drug-likeness (QED) is 0.773. The Hall–Kier alpha value is 0.310. The summed E-state index contributed by atoms with van der Waals surface area (Å²) in [5.41, 5.74) is 0. The lowest BCUT2D eigenvalue weighted by molar-refractivity contribution is 0.209. The Kier molecular flexibility index (Phi) is 3.67. The summed E-state index contributed by atoms with van der Waals surface area (Å²) >= 11 is 2.21. The molecule has 1 heterocycles. The first kappa shape index (κ1) is 11.8. The molecule has 2 rings (SSSR count). The van der Waals surface area contributed by atoms with Crippen molar-refractivity contribution in [2.24, 2.45) is 11.8 Å². The molecule has 2 aliphatic rings. The molecule has 1 aliphatic carbocycles. The third-order valence-corrected chi connectivity index (χ3v) is 5.82. The van der Waals surface area contributed by atoms with E-state index in [1.165, 1.54) is 37.9 Å². The fourth-order valence-corrected chi connectivity index (χ4v) is 4.75. The molecule has 88 valence electrons. The van der Waals surface area contributed by atoms with Gasteiger partial charge < -0.3 is 0 Å². The van der Waals surface area contributed by atoms with E-state index in [1.54, 1.807) is 0 Å². The molecule has 1 saturated carbocycles. The van der Waals surface area contributed by atoms with E-state index in [1.807, 2.05) is 0 Å². The lowest BCUT2D eigenvalue weighted by Crippen LogP contribution is -2.45. The average Bonchev–Trinajstić information content (AvgIpc) is 2.61. The lowest BCUT2D eigenvalue weighted by Gasteiger charge is -2.39. The van der Waals surface area contributed by atoms with Gasteiger partial charge in [0.2, 0.25) is 0 Å². The first-order valence-corrected chi connectivity index (χ1v) is 7.55. The van der Waals surface area contributed by atoms with E-state index in [0.717, 1.165) is 17.9 Å². The standard InChI is InChI=1S/C13H25NS/c1-4-12-9-15-13(14-12)7-5-6-11(8-13)10(2)3/h10-12,14H,4-9H2,1-3H3. The van der Waals surface area contributed by atoms with Crippen LogP contribution < -0.4 is 5.32 Å². The highest BCUT2D eigenvalue weighted by molar-refractivity contribution is 8.00. The Morgan fingerprint density at radius 2 is 2.27 bits per heavy atom. The predicted octanol–water partition coefficient (Wildman–Crippen LogP) is 3.64. The molecule has 0 aromatic heterocycles. The highest BCUT2D eigenvalue weighted by Gasteiger charge is 2.42. The van der Waals surface area contributed by atoms with Crippen molar-refractivity contribution in [1.29, 1.82) is 0 Å². The largest absolute Gasteiger partial charge is 0.299 e. The minimum atomic E-state index is 0.466. The second-order valence-electron chi connectivity index (χ2n) is 5.66. The van der Waals surface area contributed by atoms with Gasteiger partial charge in [0.25, 0.3) is 0 Å².